The van der Waals surface area contributed by atoms with E-state index in [4.69, 9.17) is 9.47 Å². The molecule has 0 aliphatic carbocycles. The van der Waals surface area contributed by atoms with E-state index in [1.807, 2.05) is 55.5 Å². The molecule has 0 unspecified atom stereocenters. The SMILES string of the molecule is COc1ccc(N2C(=O)C(Nc3ccc(C(C)C)cc3)=C(c3ccc(C)cc3)C2=O)cc1OC. The predicted octanol–water partition coefficient (Wildman–Crippen LogP) is 5.53. The molecule has 1 heterocycles. The van der Waals surface area contributed by atoms with E-state index in [2.05, 4.69) is 19.2 Å². The summed E-state index contributed by atoms with van der Waals surface area (Å²) in [6.07, 6.45) is 0. The van der Waals surface area contributed by atoms with E-state index in [0.29, 0.717) is 34.2 Å². The molecule has 3 aromatic rings. The van der Waals surface area contributed by atoms with Gasteiger partial charge in [-0.25, -0.2) is 4.90 Å². The van der Waals surface area contributed by atoms with Gasteiger partial charge in [0.1, 0.15) is 5.70 Å². The normalized spacial score (nSPS) is 13.6. The maximum Gasteiger partial charge on any atom is 0.282 e. The molecule has 1 N–H and O–H groups in total. The Hall–Kier alpha value is -4.06. The van der Waals surface area contributed by atoms with Gasteiger partial charge in [-0.05, 0) is 48.2 Å². The highest BCUT2D eigenvalue weighted by molar-refractivity contribution is 6.46. The van der Waals surface area contributed by atoms with Crippen molar-refractivity contribution in [2.24, 2.45) is 0 Å². The van der Waals surface area contributed by atoms with Crippen molar-refractivity contribution in [1.82, 2.24) is 0 Å². The topological polar surface area (TPSA) is 67.9 Å². The summed E-state index contributed by atoms with van der Waals surface area (Å²) in [6, 6.07) is 20.4. The molecule has 0 radical (unpaired) electrons. The number of nitrogens with zero attached hydrogens (tertiary/aromatic N) is 1. The van der Waals surface area contributed by atoms with E-state index in [9.17, 15) is 9.59 Å². The Morgan fingerprint density at radius 3 is 2.03 bits per heavy atom. The van der Waals surface area contributed by atoms with Crippen LogP contribution >= 0.6 is 0 Å². The summed E-state index contributed by atoms with van der Waals surface area (Å²) < 4.78 is 10.7. The van der Waals surface area contributed by atoms with E-state index in [1.165, 1.54) is 24.7 Å². The van der Waals surface area contributed by atoms with Crippen molar-refractivity contribution >= 4 is 28.8 Å². The summed E-state index contributed by atoms with van der Waals surface area (Å²) >= 11 is 0. The summed E-state index contributed by atoms with van der Waals surface area (Å²) in [5.74, 6) is 0.513. The molecular weight excluding hydrogens is 428 g/mol. The van der Waals surface area contributed by atoms with Crippen LogP contribution in [0.2, 0.25) is 0 Å². The van der Waals surface area contributed by atoms with Gasteiger partial charge in [-0.1, -0.05) is 55.8 Å². The van der Waals surface area contributed by atoms with Crippen molar-refractivity contribution in [2.75, 3.05) is 24.4 Å². The summed E-state index contributed by atoms with van der Waals surface area (Å²) in [4.78, 5) is 28.4. The maximum absolute atomic E-state index is 13.6. The molecule has 1 aliphatic heterocycles. The molecule has 1 aliphatic rings. The van der Waals surface area contributed by atoms with E-state index < -0.39 is 11.8 Å². The van der Waals surface area contributed by atoms with Gasteiger partial charge >= 0.3 is 0 Å². The second-order valence-electron chi connectivity index (χ2n) is 8.50. The number of hydrogen-bond donors (Lipinski definition) is 1. The second-order valence-corrected chi connectivity index (χ2v) is 8.50. The zero-order valence-corrected chi connectivity index (χ0v) is 20.0. The minimum Gasteiger partial charge on any atom is -0.493 e. The first-order chi connectivity index (χ1) is 16.3. The first kappa shape index (κ1) is 23.1. The predicted molar refractivity (Wildman–Crippen MR) is 134 cm³/mol. The molecule has 3 aromatic carbocycles. The fourth-order valence-corrected chi connectivity index (χ4v) is 3.93. The second kappa shape index (κ2) is 9.43. The molecular formula is C28H28N2O4. The third kappa shape index (κ3) is 4.27. The van der Waals surface area contributed by atoms with Crippen LogP contribution in [0.5, 0.6) is 11.5 Å². The number of aryl methyl sites for hydroxylation is 1. The van der Waals surface area contributed by atoms with E-state index in [0.717, 1.165) is 11.3 Å². The van der Waals surface area contributed by atoms with Crippen LogP contribution in [0.25, 0.3) is 5.57 Å². The Balaban J connectivity index is 1.78. The number of ether oxygens (including phenoxy) is 2. The lowest BCUT2D eigenvalue weighted by molar-refractivity contribution is -0.120. The molecule has 6 nitrogen and oxygen atoms in total. The van der Waals surface area contributed by atoms with E-state index >= 15 is 0 Å². The number of hydrogen-bond acceptors (Lipinski definition) is 5. The van der Waals surface area contributed by atoms with Crippen LogP contribution in [-0.2, 0) is 9.59 Å². The number of imide groups is 1. The summed E-state index contributed by atoms with van der Waals surface area (Å²) in [6.45, 7) is 6.23. The van der Waals surface area contributed by atoms with Gasteiger partial charge in [0.25, 0.3) is 11.8 Å². The Bertz CT molecular complexity index is 1260. The number of carbonyl (C=O) groups excluding carboxylic acids is 2. The lowest BCUT2D eigenvalue weighted by Crippen LogP contribution is -2.32. The van der Waals surface area contributed by atoms with Gasteiger partial charge in [0.05, 0.1) is 25.5 Å². The Morgan fingerprint density at radius 1 is 0.794 bits per heavy atom. The summed E-state index contributed by atoms with van der Waals surface area (Å²) in [5.41, 5.74) is 4.64. The molecule has 0 fully saturated rings. The number of nitrogens with one attached hydrogen (secondary N) is 1. The number of rotatable bonds is 7. The van der Waals surface area contributed by atoms with E-state index in [1.54, 1.807) is 18.2 Å². The minimum absolute atomic E-state index is 0.237. The molecule has 0 aromatic heterocycles. The fraction of sp³-hybridized carbons (Fsp3) is 0.214. The van der Waals surface area contributed by atoms with Gasteiger partial charge in [0.15, 0.2) is 11.5 Å². The summed E-state index contributed by atoms with van der Waals surface area (Å²) in [7, 11) is 3.05. The van der Waals surface area contributed by atoms with Gasteiger partial charge in [0.2, 0.25) is 0 Å². The number of methoxy groups -OCH3 is 2. The van der Waals surface area contributed by atoms with Crippen LogP contribution in [0.1, 0.15) is 36.5 Å². The van der Waals surface area contributed by atoms with Crippen molar-refractivity contribution in [3.05, 3.63) is 89.1 Å². The van der Waals surface area contributed by atoms with Gasteiger partial charge < -0.3 is 14.8 Å². The van der Waals surface area contributed by atoms with Crippen LogP contribution in [0.4, 0.5) is 11.4 Å². The number of amides is 2. The summed E-state index contributed by atoms with van der Waals surface area (Å²) in [5, 5.41) is 3.21. The average molecular weight is 457 g/mol. The Kier molecular flexibility index (Phi) is 6.41. The van der Waals surface area contributed by atoms with Gasteiger partial charge in [0, 0.05) is 11.8 Å². The highest BCUT2D eigenvalue weighted by atomic mass is 16.5. The van der Waals surface area contributed by atoms with Crippen molar-refractivity contribution in [2.45, 2.75) is 26.7 Å². The van der Waals surface area contributed by atoms with Crippen LogP contribution in [-0.4, -0.2) is 26.0 Å². The van der Waals surface area contributed by atoms with Crippen LogP contribution in [0, 0.1) is 6.92 Å². The molecule has 0 spiro atoms. The molecule has 6 heteroatoms. The molecule has 2 amide bonds. The molecule has 174 valence electrons. The third-order valence-corrected chi connectivity index (χ3v) is 5.90. The lowest BCUT2D eigenvalue weighted by atomic mass is 10.0. The third-order valence-electron chi connectivity index (χ3n) is 5.90. The van der Waals surface area contributed by atoms with Crippen LogP contribution < -0.4 is 19.7 Å². The standard InChI is InChI=1S/C28H28N2O4/c1-17(2)19-10-12-21(13-11-19)29-26-25(20-8-6-18(3)7-9-20)27(31)30(28(26)32)22-14-15-23(33-4)24(16-22)34-5/h6-17,29H,1-5H3. The first-order valence-electron chi connectivity index (χ1n) is 11.1. The molecule has 0 bridgehead atoms. The van der Waals surface area contributed by atoms with Crippen LogP contribution in [0.15, 0.2) is 72.4 Å². The fourth-order valence-electron chi connectivity index (χ4n) is 3.93. The lowest BCUT2D eigenvalue weighted by Gasteiger charge is -2.17. The number of carbonyl (C=O) groups is 2. The Morgan fingerprint density at radius 2 is 1.44 bits per heavy atom. The van der Waals surface area contributed by atoms with E-state index in [-0.39, 0.29) is 5.70 Å². The zero-order chi connectivity index (χ0) is 24.4. The smallest absolute Gasteiger partial charge is 0.282 e. The molecule has 0 saturated carbocycles. The monoisotopic (exact) mass is 456 g/mol. The van der Waals surface area contributed by atoms with Crippen LogP contribution in [0.3, 0.4) is 0 Å². The Labute approximate surface area is 199 Å². The minimum atomic E-state index is -0.430. The van der Waals surface area contributed by atoms with Crippen molar-refractivity contribution in [1.29, 1.82) is 0 Å². The number of anilines is 2. The highest BCUT2D eigenvalue weighted by Gasteiger charge is 2.40. The highest BCUT2D eigenvalue weighted by Crippen LogP contribution is 2.37. The molecule has 0 atom stereocenters. The van der Waals surface area contributed by atoms with Gasteiger partial charge in [-0.3, -0.25) is 9.59 Å². The van der Waals surface area contributed by atoms with Crippen molar-refractivity contribution in [3.8, 4) is 11.5 Å². The molecule has 34 heavy (non-hydrogen) atoms. The molecule has 0 saturated heterocycles. The number of benzene rings is 3. The van der Waals surface area contributed by atoms with Crippen molar-refractivity contribution < 1.29 is 19.1 Å². The zero-order valence-electron chi connectivity index (χ0n) is 20.0. The molecule has 4 rings (SSSR count). The average Bonchev–Trinajstić information content (AvgIpc) is 3.08. The largest absolute Gasteiger partial charge is 0.493 e. The van der Waals surface area contributed by atoms with Gasteiger partial charge in [-0.15, -0.1) is 0 Å². The van der Waals surface area contributed by atoms with Crippen molar-refractivity contribution in [3.63, 3.8) is 0 Å². The first-order valence-corrected chi connectivity index (χ1v) is 11.1. The quantitative estimate of drug-likeness (QED) is 0.473. The maximum atomic E-state index is 13.6. The van der Waals surface area contributed by atoms with Gasteiger partial charge in [-0.2, -0.15) is 0 Å².